The van der Waals surface area contributed by atoms with Crippen LogP contribution in [0.3, 0.4) is 0 Å². The van der Waals surface area contributed by atoms with Crippen LogP contribution in [0.15, 0.2) is 24.3 Å². The van der Waals surface area contributed by atoms with Gasteiger partial charge in [-0.2, -0.15) is 0 Å². The summed E-state index contributed by atoms with van der Waals surface area (Å²) in [5, 5.41) is 13.6. The number of phosphoric acid groups is 1. The first-order valence-corrected chi connectivity index (χ1v) is 19.2. The Balaban J connectivity index is 4.47. The molecule has 0 spiro atoms. The first kappa shape index (κ1) is 43.0. The van der Waals surface area contributed by atoms with Crippen molar-refractivity contribution in [2.75, 3.05) is 40.9 Å². The number of carbonyl (C=O) groups excluding carboxylic acids is 1. The molecule has 0 saturated carbocycles. The number of quaternary nitrogens is 1. The summed E-state index contributed by atoms with van der Waals surface area (Å²) in [6.45, 7) is 4.67. The van der Waals surface area contributed by atoms with Crippen LogP contribution >= 0.6 is 7.82 Å². The van der Waals surface area contributed by atoms with Crippen molar-refractivity contribution in [2.24, 2.45) is 0 Å². The normalized spacial score (nSPS) is 15.2. The van der Waals surface area contributed by atoms with Crippen molar-refractivity contribution < 1.29 is 32.9 Å². The number of carbonyl (C=O) groups is 1. The molecule has 8 nitrogen and oxygen atoms in total. The van der Waals surface area contributed by atoms with Crippen LogP contribution in [0.5, 0.6) is 0 Å². The monoisotopic (exact) mass is 645 g/mol. The topological polar surface area (TPSA) is 105 Å². The van der Waals surface area contributed by atoms with E-state index < -0.39 is 20.0 Å². The number of allylic oxidation sites excluding steroid dienone is 3. The number of aliphatic hydroxyl groups is 1. The van der Waals surface area contributed by atoms with Gasteiger partial charge in [0.05, 0.1) is 39.9 Å². The van der Waals surface area contributed by atoms with Gasteiger partial charge in [0.15, 0.2) is 0 Å². The molecular formula is C35H70N2O6P+. The lowest BCUT2D eigenvalue weighted by Crippen LogP contribution is -2.45. The fourth-order valence-corrected chi connectivity index (χ4v) is 5.50. The summed E-state index contributed by atoms with van der Waals surface area (Å²) in [6.07, 6.45) is 30.0. The lowest BCUT2D eigenvalue weighted by atomic mass is 10.1. The molecule has 0 aromatic carbocycles. The van der Waals surface area contributed by atoms with Crippen molar-refractivity contribution in [1.29, 1.82) is 0 Å². The van der Waals surface area contributed by atoms with Crippen molar-refractivity contribution in [1.82, 2.24) is 5.32 Å². The molecule has 0 radical (unpaired) electrons. The number of phosphoric ester groups is 1. The predicted octanol–water partition coefficient (Wildman–Crippen LogP) is 8.63. The minimum Gasteiger partial charge on any atom is -0.387 e. The highest BCUT2D eigenvalue weighted by molar-refractivity contribution is 7.47. The maximum Gasteiger partial charge on any atom is 0.472 e. The lowest BCUT2D eigenvalue weighted by molar-refractivity contribution is -0.870. The molecule has 0 aromatic heterocycles. The molecule has 0 aliphatic rings. The summed E-state index contributed by atoms with van der Waals surface area (Å²) in [5.41, 5.74) is 0. The van der Waals surface area contributed by atoms with Gasteiger partial charge in [0, 0.05) is 6.42 Å². The molecular weight excluding hydrogens is 575 g/mol. The quantitative estimate of drug-likeness (QED) is 0.0302. The molecule has 0 heterocycles. The zero-order valence-corrected chi connectivity index (χ0v) is 30.0. The second-order valence-corrected chi connectivity index (χ2v) is 14.7. The third kappa shape index (κ3) is 29.7. The number of aliphatic hydroxyl groups excluding tert-OH is 1. The van der Waals surface area contributed by atoms with Crippen LogP contribution in [0.1, 0.15) is 142 Å². The minimum atomic E-state index is -4.32. The van der Waals surface area contributed by atoms with Gasteiger partial charge in [0.1, 0.15) is 13.2 Å². The fraction of sp³-hybridized carbons (Fsp3) is 0.857. The largest absolute Gasteiger partial charge is 0.472 e. The van der Waals surface area contributed by atoms with Crippen LogP contribution in [0.4, 0.5) is 0 Å². The van der Waals surface area contributed by atoms with E-state index in [0.717, 1.165) is 51.4 Å². The van der Waals surface area contributed by atoms with E-state index in [1.165, 1.54) is 70.6 Å². The average molecular weight is 646 g/mol. The van der Waals surface area contributed by atoms with E-state index in [1.54, 1.807) is 6.08 Å². The average Bonchev–Trinajstić information content (AvgIpc) is 2.95. The molecule has 0 fully saturated rings. The first-order chi connectivity index (χ1) is 21.0. The van der Waals surface area contributed by atoms with E-state index in [0.29, 0.717) is 17.4 Å². The van der Waals surface area contributed by atoms with Gasteiger partial charge in [0.2, 0.25) is 5.91 Å². The van der Waals surface area contributed by atoms with Gasteiger partial charge in [0.25, 0.3) is 0 Å². The van der Waals surface area contributed by atoms with Crippen LogP contribution < -0.4 is 5.32 Å². The van der Waals surface area contributed by atoms with E-state index in [9.17, 15) is 19.4 Å². The second kappa shape index (κ2) is 28.2. The number of likely N-dealkylation sites (N-methyl/N-ethyl adjacent to an activating group) is 1. The zero-order valence-electron chi connectivity index (χ0n) is 29.1. The summed E-state index contributed by atoms with van der Waals surface area (Å²) in [5.74, 6) is -0.202. The van der Waals surface area contributed by atoms with Gasteiger partial charge in [-0.25, -0.2) is 4.57 Å². The molecule has 3 atom stereocenters. The van der Waals surface area contributed by atoms with Crippen molar-refractivity contribution in [3.8, 4) is 0 Å². The molecule has 0 rings (SSSR count). The summed E-state index contributed by atoms with van der Waals surface area (Å²) in [4.78, 5) is 22.7. The number of nitrogens with one attached hydrogen (secondary N) is 1. The third-order valence-electron chi connectivity index (χ3n) is 7.67. The molecule has 260 valence electrons. The smallest absolute Gasteiger partial charge is 0.387 e. The Bertz CT molecular complexity index is 784. The lowest BCUT2D eigenvalue weighted by Gasteiger charge is -2.25. The van der Waals surface area contributed by atoms with E-state index in [1.807, 2.05) is 27.2 Å². The summed E-state index contributed by atoms with van der Waals surface area (Å²) in [7, 11) is 1.55. The number of unbranched alkanes of at least 4 members (excludes halogenated alkanes) is 16. The van der Waals surface area contributed by atoms with Crippen LogP contribution in [0, 0.1) is 0 Å². The number of hydrogen-bond donors (Lipinski definition) is 3. The molecule has 3 unspecified atom stereocenters. The van der Waals surface area contributed by atoms with Crippen molar-refractivity contribution in [3.05, 3.63) is 24.3 Å². The Morgan fingerprint density at radius 3 is 1.82 bits per heavy atom. The van der Waals surface area contributed by atoms with Crippen molar-refractivity contribution >= 4 is 13.7 Å². The second-order valence-electron chi connectivity index (χ2n) is 13.2. The minimum absolute atomic E-state index is 0.0568. The number of amides is 1. The van der Waals surface area contributed by atoms with Gasteiger partial charge in [-0.15, -0.1) is 0 Å². The SMILES string of the molecule is CCCCCCCCCCCCC/C=C/CC/C=C/C(O)C(COP(=O)(O)OCC[N+](C)(C)C)NC(=O)CCCCCCC. The number of hydrogen-bond acceptors (Lipinski definition) is 5. The Labute approximate surface area is 271 Å². The fourth-order valence-electron chi connectivity index (χ4n) is 4.76. The third-order valence-corrected chi connectivity index (χ3v) is 8.66. The van der Waals surface area contributed by atoms with Crippen molar-refractivity contribution in [2.45, 2.75) is 154 Å². The summed E-state index contributed by atoms with van der Waals surface area (Å²) in [6, 6.07) is -0.853. The molecule has 0 bridgehead atoms. The van der Waals surface area contributed by atoms with E-state index >= 15 is 0 Å². The predicted molar refractivity (Wildman–Crippen MR) is 185 cm³/mol. The maximum absolute atomic E-state index is 12.6. The Morgan fingerprint density at radius 1 is 0.750 bits per heavy atom. The Hall–Kier alpha value is -1.02. The highest BCUT2D eigenvalue weighted by Gasteiger charge is 2.27. The highest BCUT2D eigenvalue weighted by Crippen LogP contribution is 2.43. The molecule has 3 N–H and O–H groups in total. The van der Waals surface area contributed by atoms with E-state index in [-0.39, 0.29) is 19.1 Å². The zero-order chi connectivity index (χ0) is 32.9. The van der Waals surface area contributed by atoms with Gasteiger partial charge >= 0.3 is 7.82 Å². The molecule has 0 aliphatic heterocycles. The van der Waals surface area contributed by atoms with Crippen LogP contribution in [0.25, 0.3) is 0 Å². The molecule has 44 heavy (non-hydrogen) atoms. The summed E-state index contributed by atoms with van der Waals surface area (Å²) < 4.78 is 23.3. The number of rotatable bonds is 31. The highest BCUT2D eigenvalue weighted by atomic mass is 31.2. The van der Waals surface area contributed by atoms with Crippen LogP contribution in [-0.2, 0) is 18.4 Å². The van der Waals surface area contributed by atoms with E-state index in [4.69, 9.17) is 9.05 Å². The molecule has 1 amide bonds. The maximum atomic E-state index is 12.6. The Morgan fingerprint density at radius 2 is 1.25 bits per heavy atom. The Kier molecular flexibility index (Phi) is 27.6. The van der Waals surface area contributed by atoms with Gasteiger partial charge in [-0.1, -0.05) is 128 Å². The van der Waals surface area contributed by atoms with Gasteiger partial charge < -0.3 is 19.8 Å². The molecule has 0 aromatic rings. The number of nitrogens with zero attached hydrogens (tertiary/aromatic N) is 1. The van der Waals surface area contributed by atoms with E-state index in [2.05, 4.69) is 31.3 Å². The standard InChI is InChI=1S/C35H69N2O6P/c1-6-8-10-12-13-14-15-16-17-18-19-20-21-22-23-25-26-28-34(38)33(36-35(39)29-27-24-11-9-7-2)32-43-44(40,41)42-31-30-37(3,4)5/h21-22,26,28,33-34,38H,6-20,23-25,27,29-32H2,1-5H3,(H-,36,39,40,41)/p+1/b22-21+,28-26+. The molecule has 0 saturated heterocycles. The van der Waals surface area contributed by atoms with Crippen molar-refractivity contribution in [3.63, 3.8) is 0 Å². The molecule has 0 aliphatic carbocycles. The molecule has 9 heteroatoms. The van der Waals surface area contributed by atoms with Crippen LogP contribution in [0.2, 0.25) is 0 Å². The van der Waals surface area contributed by atoms with Gasteiger partial charge in [-0.3, -0.25) is 13.8 Å². The summed E-state index contributed by atoms with van der Waals surface area (Å²) >= 11 is 0. The van der Waals surface area contributed by atoms with Gasteiger partial charge in [-0.05, 0) is 32.1 Å². The first-order valence-electron chi connectivity index (χ1n) is 17.7. The van der Waals surface area contributed by atoms with Crippen LogP contribution in [-0.4, -0.2) is 73.4 Å².